The number of methoxy groups -OCH3 is 1. The summed E-state index contributed by atoms with van der Waals surface area (Å²) in [4.78, 5) is 14.0. The number of carbonyl (C=O) groups excluding carboxylic acids is 1. The van der Waals surface area contributed by atoms with Gasteiger partial charge in [0.15, 0.2) is 5.84 Å². The standard InChI is InChI=1S/C13H19N3O3/c1-9(2)16(8-12(14)15-18)13(17)10-6-4-5-7-11(10)19-3/h4-7,9,18H,8H2,1-3H3,(H2,14,15). The van der Waals surface area contributed by atoms with Crippen molar-refractivity contribution in [3.05, 3.63) is 29.8 Å². The van der Waals surface area contributed by atoms with Gasteiger partial charge in [0.1, 0.15) is 5.75 Å². The van der Waals surface area contributed by atoms with Crippen LogP contribution in [0.2, 0.25) is 0 Å². The highest BCUT2D eigenvalue weighted by atomic mass is 16.5. The first-order valence-corrected chi connectivity index (χ1v) is 5.91. The van der Waals surface area contributed by atoms with Gasteiger partial charge in [0.05, 0.1) is 19.2 Å². The maximum atomic E-state index is 12.5. The smallest absolute Gasteiger partial charge is 0.258 e. The summed E-state index contributed by atoms with van der Waals surface area (Å²) in [6, 6.07) is 6.87. The molecule has 6 nitrogen and oxygen atoms in total. The topological polar surface area (TPSA) is 88.2 Å². The number of carbonyl (C=O) groups is 1. The highest BCUT2D eigenvalue weighted by Crippen LogP contribution is 2.20. The Morgan fingerprint density at radius 3 is 2.63 bits per heavy atom. The average Bonchev–Trinajstić information content (AvgIpc) is 2.43. The maximum absolute atomic E-state index is 12.5. The molecule has 0 aliphatic carbocycles. The molecule has 0 unspecified atom stereocenters. The van der Waals surface area contributed by atoms with Crippen LogP contribution in [0.1, 0.15) is 24.2 Å². The zero-order valence-corrected chi connectivity index (χ0v) is 11.3. The molecule has 0 heterocycles. The van der Waals surface area contributed by atoms with Crippen molar-refractivity contribution in [3.8, 4) is 5.75 Å². The fraction of sp³-hybridized carbons (Fsp3) is 0.385. The lowest BCUT2D eigenvalue weighted by Crippen LogP contribution is -2.43. The Kier molecular flexibility index (Phi) is 5.17. The van der Waals surface area contributed by atoms with Crippen molar-refractivity contribution in [1.29, 1.82) is 0 Å². The Morgan fingerprint density at radius 2 is 2.11 bits per heavy atom. The van der Waals surface area contributed by atoms with Crippen molar-refractivity contribution in [3.63, 3.8) is 0 Å². The van der Waals surface area contributed by atoms with Gasteiger partial charge in [-0.05, 0) is 26.0 Å². The molecular formula is C13H19N3O3. The first-order valence-electron chi connectivity index (χ1n) is 5.91. The molecule has 0 fully saturated rings. The van der Waals surface area contributed by atoms with Crippen molar-refractivity contribution in [2.45, 2.75) is 19.9 Å². The van der Waals surface area contributed by atoms with E-state index in [1.165, 1.54) is 12.0 Å². The highest BCUT2D eigenvalue weighted by molar-refractivity contribution is 5.99. The lowest BCUT2D eigenvalue weighted by molar-refractivity contribution is 0.0730. The quantitative estimate of drug-likeness (QED) is 0.363. The highest BCUT2D eigenvalue weighted by Gasteiger charge is 2.22. The first-order chi connectivity index (χ1) is 9.01. The van der Waals surface area contributed by atoms with Crippen LogP contribution in [0.5, 0.6) is 5.75 Å². The molecule has 0 atom stereocenters. The van der Waals surface area contributed by atoms with Crippen LogP contribution >= 0.6 is 0 Å². The van der Waals surface area contributed by atoms with E-state index in [2.05, 4.69) is 5.16 Å². The second-order valence-corrected chi connectivity index (χ2v) is 4.32. The number of nitrogens with two attached hydrogens (primary N) is 1. The number of ether oxygens (including phenoxy) is 1. The number of amides is 1. The summed E-state index contributed by atoms with van der Waals surface area (Å²) in [6.07, 6.45) is 0. The normalized spacial score (nSPS) is 11.5. The Balaban J connectivity index is 3.06. The molecule has 19 heavy (non-hydrogen) atoms. The lowest BCUT2D eigenvalue weighted by atomic mass is 10.1. The third-order valence-electron chi connectivity index (χ3n) is 2.68. The number of para-hydroxylation sites is 1. The molecule has 0 aromatic heterocycles. The van der Waals surface area contributed by atoms with Gasteiger partial charge in [-0.3, -0.25) is 4.79 Å². The summed E-state index contributed by atoms with van der Waals surface area (Å²) in [5.74, 6) is 0.258. The Morgan fingerprint density at radius 1 is 1.47 bits per heavy atom. The zero-order chi connectivity index (χ0) is 14.4. The van der Waals surface area contributed by atoms with Crippen LogP contribution in [0.25, 0.3) is 0 Å². The molecule has 1 rings (SSSR count). The molecule has 0 saturated heterocycles. The summed E-state index contributed by atoms with van der Waals surface area (Å²) >= 11 is 0. The van der Waals surface area contributed by atoms with Gasteiger partial charge in [-0.25, -0.2) is 0 Å². The van der Waals surface area contributed by atoms with Crippen LogP contribution in [0, 0.1) is 0 Å². The van der Waals surface area contributed by atoms with Crippen molar-refractivity contribution >= 4 is 11.7 Å². The number of rotatable bonds is 5. The monoisotopic (exact) mass is 265 g/mol. The summed E-state index contributed by atoms with van der Waals surface area (Å²) < 4.78 is 5.17. The van der Waals surface area contributed by atoms with Gasteiger partial charge in [-0.1, -0.05) is 17.3 Å². The van der Waals surface area contributed by atoms with Gasteiger partial charge in [0.2, 0.25) is 0 Å². The Bertz CT molecular complexity index is 472. The molecule has 0 spiro atoms. The number of oxime groups is 1. The number of nitrogens with zero attached hydrogens (tertiary/aromatic N) is 2. The maximum Gasteiger partial charge on any atom is 0.258 e. The minimum atomic E-state index is -0.223. The van der Waals surface area contributed by atoms with Crippen LogP contribution < -0.4 is 10.5 Å². The van der Waals surface area contributed by atoms with E-state index in [0.717, 1.165) is 0 Å². The molecule has 1 amide bonds. The van der Waals surface area contributed by atoms with E-state index in [0.29, 0.717) is 11.3 Å². The van der Waals surface area contributed by atoms with Gasteiger partial charge in [0, 0.05) is 6.04 Å². The molecule has 1 aromatic rings. The SMILES string of the molecule is COc1ccccc1C(=O)N(CC(N)=NO)C(C)C. The largest absolute Gasteiger partial charge is 0.496 e. The second kappa shape index (κ2) is 6.63. The Labute approximate surface area is 112 Å². The average molecular weight is 265 g/mol. The molecule has 0 bridgehead atoms. The van der Waals surface area contributed by atoms with Gasteiger partial charge in [-0.2, -0.15) is 0 Å². The Hall–Kier alpha value is -2.24. The molecular weight excluding hydrogens is 246 g/mol. The summed E-state index contributed by atoms with van der Waals surface area (Å²) in [5.41, 5.74) is 5.92. The van der Waals surface area contributed by atoms with Crippen LogP contribution in [-0.2, 0) is 0 Å². The fourth-order valence-corrected chi connectivity index (χ4v) is 1.67. The zero-order valence-electron chi connectivity index (χ0n) is 11.3. The van der Waals surface area contributed by atoms with E-state index >= 15 is 0 Å². The van der Waals surface area contributed by atoms with Gasteiger partial charge >= 0.3 is 0 Å². The minimum Gasteiger partial charge on any atom is -0.496 e. The molecule has 0 aliphatic heterocycles. The molecule has 0 radical (unpaired) electrons. The van der Waals surface area contributed by atoms with Crippen LogP contribution in [0.15, 0.2) is 29.4 Å². The molecule has 0 aliphatic rings. The summed E-state index contributed by atoms with van der Waals surface area (Å²) in [7, 11) is 1.51. The third-order valence-corrected chi connectivity index (χ3v) is 2.68. The predicted molar refractivity (Wildman–Crippen MR) is 72.6 cm³/mol. The van der Waals surface area contributed by atoms with E-state index in [4.69, 9.17) is 15.7 Å². The molecule has 3 N–H and O–H groups in total. The van der Waals surface area contributed by atoms with Crippen molar-refractivity contribution in [2.24, 2.45) is 10.9 Å². The van der Waals surface area contributed by atoms with Crippen molar-refractivity contribution in [1.82, 2.24) is 4.90 Å². The summed E-state index contributed by atoms with van der Waals surface area (Å²) in [5, 5.41) is 11.5. The van der Waals surface area contributed by atoms with E-state index in [9.17, 15) is 4.79 Å². The predicted octanol–water partition coefficient (Wildman–Crippen LogP) is 1.29. The van der Waals surface area contributed by atoms with Gasteiger partial charge in [-0.15, -0.1) is 0 Å². The third kappa shape index (κ3) is 3.61. The van der Waals surface area contributed by atoms with Crippen LogP contribution in [0.4, 0.5) is 0 Å². The van der Waals surface area contributed by atoms with Gasteiger partial charge in [0.25, 0.3) is 5.91 Å². The van der Waals surface area contributed by atoms with Crippen molar-refractivity contribution < 1.29 is 14.7 Å². The van der Waals surface area contributed by atoms with Crippen LogP contribution in [0.3, 0.4) is 0 Å². The van der Waals surface area contributed by atoms with Crippen molar-refractivity contribution in [2.75, 3.05) is 13.7 Å². The molecule has 104 valence electrons. The lowest BCUT2D eigenvalue weighted by Gasteiger charge is -2.26. The summed E-state index contributed by atoms with van der Waals surface area (Å²) in [6.45, 7) is 3.78. The first kappa shape index (κ1) is 14.8. The van der Waals surface area contributed by atoms with E-state index in [1.54, 1.807) is 24.3 Å². The number of hydrogen-bond acceptors (Lipinski definition) is 4. The van der Waals surface area contributed by atoms with E-state index in [1.807, 2.05) is 13.8 Å². The van der Waals surface area contributed by atoms with E-state index in [-0.39, 0.29) is 24.3 Å². The minimum absolute atomic E-state index is 0.0167. The number of benzene rings is 1. The second-order valence-electron chi connectivity index (χ2n) is 4.32. The van der Waals surface area contributed by atoms with E-state index < -0.39 is 0 Å². The molecule has 0 saturated carbocycles. The number of amidine groups is 1. The molecule has 6 heteroatoms. The van der Waals surface area contributed by atoms with Crippen LogP contribution in [-0.4, -0.2) is 41.5 Å². The van der Waals surface area contributed by atoms with Gasteiger partial charge < -0.3 is 20.6 Å². The fourth-order valence-electron chi connectivity index (χ4n) is 1.67. The molecule has 1 aromatic carbocycles. The number of hydrogen-bond donors (Lipinski definition) is 2.